The average molecular weight is 286 g/mol. The number of H-pyrrole nitrogens is 1. The molecule has 0 unspecified atom stereocenters. The second kappa shape index (κ2) is 5.01. The fourth-order valence-electron chi connectivity index (χ4n) is 2.14. The van der Waals surface area contributed by atoms with Crippen LogP contribution in [-0.4, -0.2) is 10.9 Å². The van der Waals surface area contributed by atoms with Gasteiger partial charge in [-0.2, -0.15) is 0 Å². The van der Waals surface area contributed by atoms with Crippen LogP contribution in [-0.2, 0) is 0 Å². The van der Waals surface area contributed by atoms with Crippen molar-refractivity contribution in [3.05, 3.63) is 65.4 Å². The topological polar surface area (TPSA) is 44.9 Å². The van der Waals surface area contributed by atoms with Gasteiger partial charge in [-0.05, 0) is 36.8 Å². The maximum atomic E-state index is 13.5. The van der Waals surface area contributed by atoms with Crippen LogP contribution in [0.4, 0.5) is 14.5 Å². The fourth-order valence-corrected chi connectivity index (χ4v) is 2.14. The van der Waals surface area contributed by atoms with Gasteiger partial charge in [-0.15, -0.1) is 0 Å². The summed E-state index contributed by atoms with van der Waals surface area (Å²) >= 11 is 0. The molecule has 3 rings (SSSR count). The summed E-state index contributed by atoms with van der Waals surface area (Å²) in [7, 11) is 0. The molecule has 0 aliphatic carbocycles. The number of aromatic amines is 1. The van der Waals surface area contributed by atoms with Crippen molar-refractivity contribution in [2.45, 2.75) is 6.92 Å². The number of halogens is 2. The van der Waals surface area contributed by atoms with Crippen LogP contribution in [0.2, 0.25) is 0 Å². The van der Waals surface area contributed by atoms with Gasteiger partial charge in [0.1, 0.15) is 17.3 Å². The minimum atomic E-state index is -0.810. The predicted molar refractivity (Wildman–Crippen MR) is 77.3 cm³/mol. The molecule has 0 fully saturated rings. The fraction of sp³-hybridized carbons (Fsp3) is 0.0625. The molecule has 2 aromatic carbocycles. The zero-order chi connectivity index (χ0) is 15.0. The van der Waals surface area contributed by atoms with E-state index in [4.69, 9.17) is 0 Å². The molecule has 0 spiro atoms. The number of anilines is 1. The lowest BCUT2D eigenvalue weighted by molar-refractivity contribution is 0.102. The van der Waals surface area contributed by atoms with Gasteiger partial charge in [-0.1, -0.05) is 12.1 Å². The SMILES string of the molecule is Cc1ccc2cc(C(=O)Nc3ccc(F)cc3F)[nH]c2c1. The maximum absolute atomic E-state index is 13.5. The highest BCUT2D eigenvalue weighted by Gasteiger charge is 2.12. The molecule has 0 bridgehead atoms. The molecule has 106 valence electrons. The zero-order valence-corrected chi connectivity index (χ0v) is 11.2. The van der Waals surface area contributed by atoms with Crippen LogP contribution in [0.3, 0.4) is 0 Å². The van der Waals surface area contributed by atoms with Gasteiger partial charge in [0.15, 0.2) is 0 Å². The summed E-state index contributed by atoms with van der Waals surface area (Å²) in [6, 6.07) is 10.5. The number of fused-ring (bicyclic) bond motifs is 1. The van der Waals surface area contributed by atoms with E-state index >= 15 is 0 Å². The first-order chi connectivity index (χ1) is 10.0. The molecular weight excluding hydrogens is 274 g/mol. The van der Waals surface area contributed by atoms with Crippen LogP contribution in [0.5, 0.6) is 0 Å². The number of carbonyl (C=O) groups excluding carboxylic acids is 1. The van der Waals surface area contributed by atoms with Gasteiger partial charge >= 0.3 is 0 Å². The second-order valence-corrected chi connectivity index (χ2v) is 4.85. The first-order valence-electron chi connectivity index (χ1n) is 6.39. The number of rotatable bonds is 2. The number of nitrogens with one attached hydrogen (secondary N) is 2. The first kappa shape index (κ1) is 13.3. The van der Waals surface area contributed by atoms with E-state index in [1.165, 1.54) is 6.07 Å². The summed E-state index contributed by atoms with van der Waals surface area (Å²) < 4.78 is 26.3. The molecule has 2 N–H and O–H groups in total. The Kier molecular flexibility index (Phi) is 3.17. The molecule has 1 heterocycles. The highest BCUT2D eigenvalue weighted by Crippen LogP contribution is 2.19. The molecule has 0 atom stereocenters. The quantitative estimate of drug-likeness (QED) is 0.734. The lowest BCUT2D eigenvalue weighted by Crippen LogP contribution is -2.13. The smallest absolute Gasteiger partial charge is 0.272 e. The van der Waals surface area contributed by atoms with E-state index in [-0.39, 0.29) is 5.69 Å². The highest BCUT2D eigenvalue weighted by atomic mass is 19.1. The van der Waals surface area contributed by atoms with E-state index in [2.05, 4.69) is 10.3 Å². The van der Waals surface area contributed by atoms with Crippen LogP contribution in [0, 0.1) is 18.6 Å². The van der Waals surface area contributed by atoms with Crippen LogP contribution in [0.15, 0.2) is 42.5 Å². The summed E-state index contributed by atoms with van der Waals surface area (Å²) in [6.45, 7) is 1.95. The van der Waals surface area contributed by atoms with Gasteiger partial charge in [0, 0.05) is 17.0 Å². The Morgan fingerprint density at radius 3 is 2.67 bits per heavy atom. The Morgan fingerprint density at radius 1 is 1.10 bits per heavy atom. The van der Waals surface area contributed by atoms with Crippen molar-refractivity contribution in [1.82, 2.24) is 4.98 Å². The minimum absolute atomic E-state index is 0.0590. The van der Waals surface area contributed by atoms with E-state index < -0.39 is 17.5 Å². The van der Waals surface area contributed by atoms with Gasteiger partial charge in [0.05, 0.1) is 5.69 Å². The maximum Gasteiger partial charge on any atom is 0.272 e. The molecule has 21 heavy (non-hydrogen) atoms. The Hall–Kier alpha value is -2.69. The molecule has 1 amide bonds. The van der Waals surface area contributed by atoms with Crippen LogP contribution in [0.1, 0.15) is 16.1 Å². The van der Waals surface area contributed by atoms with Crippen LogP contribution < -0.4 is 5.32 Å². The third-order valence-electron chi connectivity index (χ3n) is 3.20. The summed E-state index contributed by atoms with van der Waals surface area (Å²) in [4.78, 5) is 15.1. The third kappa shape index (κ3) is 2.63. The third-order valence-corrected chi connectivity index (χ3v) is 3.20. The van der Waals surface area contributed by atoms with Crippen LogP contribution in [0.25, 0.3) is 10.9 Å². The number of aryl methyl sites for hydroxylation is 1. The van der Waals surface area contributed by atoms with Crippen molar-refractivity contribution in [2.75, 3.05) is 5.32 Å². The number of hydrogen-bond acceptors (Lipinski definition) is 1. The Morgan fingerprint density at radius 2 is 1.90 bits per heavy atom. The van der Waals surface area contributed by atoms with Crippen molar-refractivity contribution < 1.29 is 13.6 Å². The number of carbonyl (C=O) groups is 1. The number of hydrogen-bond donors (Lipinski definition) is 2. The van der Waals surface area contributed by atoms with Crippen molar-refractivity contribution in [2.24, 2.45) is 0 Å². The van der Waals surface area contributed by atoms with E-state index in [1.54, 1.807) is 6.07 Å². The van der Waals surface area contributed by atoms with E-state index in [0.29, 0.717) is 5.69 Å². The lowest BCUT2D eigenvalue weighted by atomic mass is 10.2. The molecule has 3 nitrogen and oxygen atoms in total. The van der Waals surface area contributed by atoms with Gasteiger partial charge in [-0.25, -0.2) is 8.78 Å². The average Bonchev–Trinajstić information content (AvgIpc) is 2.85. The number of aromatic nitrogens is 1. The first-order valence-corrected chi connectivity index (χ1v) is 6.39. The molecule has 0 radical (unpaired) electrons. The van der Waals surface area contributed by atoms with Gasteiger partial charge < -0.3 is 10.3 Å². The normalized spacial score (nSPS) is 10.8. The second-order valence-electron chi connectivity index (χ2n) is 4.85. The predicted octanol–water partition coefficient (Wildman–Crippen LogP) is 4.01. The van der Waals surface area contributed by atoms with Gasteiger partial charge in [-0.3, -0.25) is 4.79 Å². The largest absolute Gasteiger partial charge is 0.351 e. The van der Waals surface area contributed by atoms with Crippen LogP contribution >= 0.6 is 0 Å². The number of benzene rings is 2. The Bertz CT molecular complexity index is 839. The summed E-state index contributed by atoms with van der Waals surface area (Å²) in [6.07, 6.45) is 0. The molecule has 5 heteroatoms. The molecule has 3 aromatic rings. The lowest BCUT2D eigenvalue weighted by Gasteiger charge is -2.04. The standard InChI is InChI=1S/C16H12F2N2O/c1-9-2-3-10-7-15(19-14(10)6-9)16(21)20-13-5-4-11(17)8-12(13)18/h2-8,19H,1H3,(H,20,21). The molecule has 0 aliphatic rings. The van der Waals surface area contributed by atoms with E-state index in [0.717, 1.165) is 28.6 Å². The van der Waals surface area contributed by atoms with Crippen molar-refractivity contribution in [3.8, 4) is 0 Å². The highest BCUT2D eigenvalue weighted by molar-refractivity contribution is 6.06. The summed E-state index contributed by atoms with van der Waals surface area (Å²) in [5, 5.41) is 3.31. The zero-order valence-electron chi connectivity index (χ0n) is 11.2. The monoisotopic (exact) mass is 286 g/mol. The summed E-state index contributed by atoms with van der Waals surface area (Å²) in [5.74, 6) is -1.98. The molecule has 1 aromatic heterocycles. The molecule has 0 saturated carbocycles. The molecule has 0 saturated heterocycles. The Balaban J connectivity index is 1.89. The van der Waals surface area contributed by atoms with Crippen molar-refractivity contribution >= 4 is 22.5 Å². The molecule has 0 aliphatic heterocycles. The van der Waals surface area contributed by atoms with E-state index in [9.17, 15) is 13.6 Å². The number of amides is 1. The van der Waals surface area contributed by atoms with Crippen molar-refractivity contribution in [1.29, 1.82) is 0 Å². The Labute approximate surface area is 119 Å². The molecular formula is C16H12F2N2O. The summed E-state index contributed by atoms with van der Waals surface area (Å²) in [5.41, 5.74) is 2.16. The van der Waals surface area contributed by atoms with Gasteiger partial charge in [0.25, 0.3) is 5.91 Å². The van der Waals surface area contributed by atoms with E-state index in [1.807, 2.05) is 25.1 Å². The van der Waals surface area contributed by atoms with Crippen molar-refractivity contribution in [3.63, 3.8) is 0 Å². The van der Waals surface area contributed by atoms with Gasteiger partial charge in [0.2, 0.25) is 0 Å². The minimum Gasteiger partial charge on any atom is -0.351 e.